The molecule has 0 saturated heterocycles. The van der Waals surface area contributed by atoms with E-state index in [2.05, 4.69) is 38.5 Å². The minimum atomic E-state index is 0.0301. The summed E-state index contributed by atoms with van der Waals surface area (Å²) in [5, 5.41) is 0.494. The van der Waals surface area contributed by atoms with Crippen LogP contribution in [0.2, 0.25) is 5.02 Å². The molecule has 0 radical (unpaired) electrons. The summed E-state index contributed by atoms with van der Waals surface area (Å²) in [4.78, 5) is 12.2. The standard InChI is InChI=1S/C14H9BrClIO/c15-10-3-6-13(16)12(8-10)14(18)7-9-1-4-11(17)5-2-9/h1-6,8H,7H2. The average molecular weight is 435 g/mol. The smallest absolute Gasteiger partial charge is 0.168 e. The van der Waals surface area contributed by atoms with Gasteiger partial charge in [0.2, 0.25) is 0 Å². The average Bonchev–Trinajstić information content (AvgIpc) is 2.35. The summed E-state index contributed by atoms with van der Waals surface area (Å²) in [7, 11) is 0. The number of carbonyl (C=O) groups excluding carboxylic acids is 1. The number of hydrogen-bond acceptors (Lipinski definition) is 1. The van der Waals surface area contributed by atoms with Crippen LogP contribution in [0, 0.1) is 3.57 Å². The van der Waals surface area contributed by atoms with Gasteiger partial charge in [0.05, 0.1) is 5.02 Å². The monoisotopic (exact) mass is 434 g/mol. The van der Waals surface area contributed by atoms with Gasteiger partial charge in [0.25, 0.3) is 0 Å². The minimum absolute atomic E-state index is 0.0301. The highest BCUT2D eigenvalue weighted by molar-refractivity contribution is 14.1. The van der Waals surface area contributed by atoms with Crippen LogP contribution in [-0.4, -0.2) is 5.78 Å². The molecule has 0 spiro atoms. The topological polar surface area (TPSA) is 17.1 Å². The maximum absolute atomic E-state index is 12.2. The van der Waals surface area contributed by atoms with E-state index in [1.165, 1.54) is 0 Å². The predicted molar refractivity (Wildman–Crippen MR) is 86.3 cm³/mol. The lowest BCUT2D eigenvalue weighted by molar-refractivity contribution is 0.0993. The molecular formula is C14H9BrClIO. The highest BCUT2D eigenvalue weighted by Gasteiger charge is 2.11. The molecule has 2 rings (SSSR count). The Labute approximate surface area is 133 Å². The van der Waals surface area contributed by atoms with Gasteiger partial charge >= 0.3 is 0 Å². The number of rotatable bonds is 3. The fourth-order valence-electron chi connectivity index (χ4n) is 1.59. The van der Waals surface area contributed by atoms with Crippen molar-refractivity contribution in [3.05, 3.63) is 66.7 Å². The number of Topliss-reactive ketones (excluding diaryl/α,β-unsaturated/α-hetero) is 1. The second-order valence-electron chi connectivity index (χ2n) is 3.85. The molecule has 2 aromatic carbocycles. The van der Waals surface area contributed by atoms with E-state index in [0.717, 1.165) is 13.6 Å². The van der Waals surface area contributed by atoms with E-state index in [1.807, 2.05) is 30.3 Å². The van der Waals surface area contributed by atoms with E-state index < -0.39 is 0 Å². The second kappa shape index (κ2) is 6.17. The third kappa shape index (κ3) is 3.56. The normalized spacial score (nSPS) is 10.4. The van der Waals surface area contributed by atoms with Gasteiger partial charge in [-0.1, -0.05) is 39.7 Å². The number of hydrogen-bond donors (Lipinski definition) is 0. The highest BCUT2D eigenvalue weighted by atomic mass is 127. The molecule has 0 amide bonds. The van der Waals surface area contributed by atoms with Gasteiger partial charge in [0.1, 0.15) is 0 Å². The van der Waals surface area contributed by atoms with E-state index in [1.54, 1.807) is 12.1 Å². The van der Waals surface area contributed by atoms with E-state index in [4.69, 9.17) is 11.6 Å². The highest BCUT2D eigenvalue weighted by Crippen LogP contribution is 2.22. The van der Waals surface area contributed by atoms with Crippen molar-refractivity contribution in [2.24, 2.45) is 0 Å². The first-order valence-electron chi connectivity index (χ1n) is 5.29. The van der Waals surface area contributed by atoms with Crippen LogP contribution in [0.15, 0.2) is 46.9 Å². The molecule has 18 heavy (non-hydrogen) atoms. The zero-order valence-electron chi connectivity index (χ0n) is 9.29. The van der Waals surface area contributed by atoms with Crippen molar-refractivity contribution in [1.29, 1.82) is 0 Å². The Kier molecular flexibility index (Phi) is 4.81. The van der Waals surface area contributed by atoms with Crippen LogP contribution in [0.3, 0.4) is 0 Å². The number of benzene rings is 2. The Morgan fingerprint density at radius 3 is 2.50 bits per heavy atom. The summed E-state index contributed by atoms with van der Waals surface area (Å²) < 4.78 is 2.02. The first kappa shape index (κ1) is 14.0. The van der Waals surface area contributed by atoms with Crippen LogP contribution in [0.1, 0.15) is 15.9 Å². The molecule has 0 bridgehead atoms. The molecule has 0 atom stereocenters. The molecule has 0 fully saturated rings. The molecule has 0 saturated carbocycles. The Morgan fingerprint density at radius 1 is 1.17 bits per heavy atom. The first-order chi connectivity index (χ1) is 8.56. The Bertz CT molecular complexity index is 581. The van der Waals surface area contributed by atoms with Crippen molar-refractivity contribution in [2.45, 2.75) is 6.42 Å². The molecule has 1 nitrogen and oxygen atoms in total. The summed E-state index contributed by atoms with van der Waals surface area (Å²) in [6.45, 7) is 0. The third-order valence-corrected chi connectivity index (χ3v) is 4.05. The van der Waals surface area contributed by atoms with Gasteiger partial charge in [0, 0.05) is 20.0 Å². The van der Waals surface area contributed by atoms with Crippen molar-refractivity contribution in [3.63, 3.8) is 0 Å². The first-order valence-corrected chi connectivity index (χ1v) is 7.54. The maximum atomic E-state index is 12.2. The Hall–Kier alpha value is -0.390. The Morgan fingerprint density at radius 2 is 1.83 bits per heavy atom. The molecule has 2 aromatic rings. The lowest BCUT2D eigenvalue weighted by atomic mass is 10.0. The van der Waals surface area contributed by atoms with E-state index in [9.17, 15) is 4.79 Å². The summed E-state index contributed by atoms with van der Waals surface area (Å²) in [5.74, 6) is 0.0301. The van der Waals surface area contributed by atoms with E-state index >= 15 is 0 Å². The van der Waals surface area contributed by atoms with Gasteiger partial charge in [-0.15, -0.1) is 0 Å². The van der Waals surface area contributed by atoms with Crippen molar-refractivity contribution in [2.75, 3.05) is 0 Å². The largest absolute Gasteiger partial charge is 0.294 e. The van der Waals surface area contributed by atoms with Crippen molar-refractivity contribution < 1.29 is 4.79 Å². The molecule has 4 heteroatoms. The fraction of sp³-hybridized carbons (Fsp3) is 0.0714. The molecule has 0 aliphatic carbocycles. The Balaban J connectivity index is 2.21. The molecular weight excluding hydrogens is 426 g/mol. The summed E-state index contributed by atoms with van der Waals surface area (Å²) in [5.41, 5.74) is 1.56. The molecule has 92 valence electrons. The van der Waals surface area contributed by atoms with Crippen LogP contribution in [0.5, 0.6) is 0 Å². The number of ketones is 1. The number of carbonyl (C=O) groups is 1. The van der Waals surface area contributed by atoms with E-state index in [-0.39, 0.29) is 5.78 Å². The van der Waals surface area contributed by atoms with Crippen molar-refractivity contribution in [1.82, 2.24) is 0 Å². The van der Waals surface area contributed by atoms with Crippen molar-refractivity contribution in [3.8, 4) is 0 Å². The van der Waals surface area contributed by atoms with Gasteiger partial charge in [-0.25, -0.2) is 0 Å². The third-order valence-electron chi connectivity index (χ3n) is 2.51. The SMILES string of the molecule is O=C(Cc1ccc(I)cc1)c1cc(Br)ccc1Cl. The van der Waals surface area contributed by atoms with Crippen LogP contribution in [0.25, 0.3) is 0 Å². The van der Waals surface area contributed by atoms with Gasteiger partial charge in [-0.2, -0.15) is 0 Å². The van der Waals surface area contributed by atoms with Crippen LogP contribution >= 0.6 is 50.1 Å². The predicted octanol–water partition coefficient (Wildman–Crippen LogP) is 5.13. The number of halogens is 3. The van der Waals surface area contributed by atoms with Crippen LogP contribution in [0.4, 0.5) is 0 Å². The van der Waals surface area contributed by atoms with Gasteiger partial charge in [-0.3, -0.25) is 4.79 Å². The fourth-order valence-corrected chi connectivity index (χ4v) is 2.54. The molecule has 0 N–H and O–H groups in total. The summed E-state index contributed by atoms with van der Waals surface area (Å²) in [6.07, 6.45) is 0.368. The molecule has 0 aliphatic rings. The molecule has 0 aliphatic heterocycles. The second-order valence-corrected chi connectivity index (χ2v) is 6.42. The lowest BCUT2D eigenvalue weighted by Gasteiger charge is -2.05. The molecule has 0 unspecified atom stereocenters. The van der Waals surface area contributed by atoms with Gasteiger partial charge in [-0.05, 0) is 58.5 Å². The van der Waals surface area contributed by atoms with Gasteiger partial charge in [0.15, 0.2) is 5.78 Å². The van der Waals surface area contributed by atoms with Crippen molar-refractivity contribution >= 4 is 55.9 Å². The summed E-state index contributed by atoms with van der Waals surface area (Å²) >= 11 is 11.6. The van der Waals surface area contributed by atoms with Gasteiger partial charge < -0.3 is 0 Å². The quantitative estimate of drug-likeness (QED) is 0.482. The van der Waals surface area contributed by atoms with E-state index in [0.29, 0.717) is 17.0 Å². The minimum Gasteiger partial charge on any atom is -0.294 e. The maximum Gasteiger partial charge on any atom is 0.168 e. The molecule has 0 aromatic heterocycles. The lowest BCUT2D eigenvalue weighted by Crippen LogP contribution is -2.04. The molecule has 0 heterocycles. The zero-order valence-corrected chi connectivity index (χ0v) is 13.8. The zero-order chi connectivity index (χ0) is 13.1. The summed E-state index contributed by atoms with van der Waals surface area (Å²) in [6, 6.07) is 13.2. The van der Waals surface area contributed by atoms with Crippen LogP contribution in [-0.2, 0) is 6.42 Å². The van der Waals surface area contributed by atoms with Crippen LogP contribution < -0.4 is 0 Å².